The Morgan fingerprint density at radius 3 is 2.61 bits per heavy atom. The van der Waals surface area contributed by atoms with Crippen LogP contribution in [-0.4, -0.2) is 28.4 Å². The Hall–Kier alpha value is -1.93. The van der Waals surface area contributed by atoms with Gasteiger partial charge in [-0.15, -0.1) is 5.48 Å². The number of aromatic nitrogens is 2. The normalized spacial score (nSPS) is 24.3. The van der Waals surface area contributed by atoms with Gasteiger partial charge in [-0.2, -0.15) is 4.98 Å². The maximum Gasteiger partial charge on any atom is 0.527 e. The summed E-state index contributed by atoms with van der Waals surface area (Å²) in [5, 5.41) is 0. The number of ether oxygens (including phenoxy) is 2. The average Bonchev–Trinajstić information content (AvgIpc) is 2.92. The first kappa shape index (κ1) is 22.4. The van der Waals surface area contributed by atoms with Crippen molar-refractivity contribution in [2.45, 2.75) is 78.7 Å². The van der Waals surface area contributed by atoms with E-state index in [1.165, 1.54) is 17.4 Å². The van der Waals surface area contributed by atoms with Crippen molar-refractivity contribution in [1.82, 2.24) is 15.0 Å². The van der Waals surface area contributed by atoms with Crippen LogP contribution in [0.5, 0.6) is 0 Å². The molecule has 3 unspecified atom stereocenters. The number of hydrogen-bond donors (Lipinski definition) is 1. The number of hydrogen-bond acceptors (Lipinski definition) is 7. The van der Waals surface area contributed by atoms with Crippen LogP contribution in [0.25, 0.3) is 0 Å². The van der Waals surface area contributed by atoms with Gasteiger partial charge in [0.15, 0.2) is 0 Å². The highest BCUT2D eigenvalue weighted by Crippen LogP contribution is 2.37. The van der Waals surface area contributed by atoms with Crippen molar-refractivity contribution in [3.8, 4) is 0 Å². The Morgan fingerprint density at radius 2 is 1.96 bits per heavy atom. The first-order chi connectivity index (χ1) is 13.4. The van der Waals surface area contributed by atoms with E-state index < -0.39 is 6.16 Å². The molecular formula is C20H33N3O5. The minimum atomic E-state index is -0.778. The molecule has 1 N–H and O–H groups in total. The maximum atomic E-state index is 12.3. The van der Waals surface area contributed by atoms with Crippen LogP contribution in [0.3, 0.4) is 0 Å². The molecule has 2 heterocycles. The summed E-state index contributed by atoms with van der Waals surface area (Å²) in [6, 6.07) is 1.71. The van der Waals surface area contributed by atoms with Crippen LogP contribution < -0.4 is 11.2 Å². The summed E-state index contributed by atoms with van der Waals surface area (Å²) in [7, 11) is 0. The van der Waals surface area contributed by atoms with Crippen molar-refractivity contribution in [3.05, 3.63) is 28.4 Å². The summed E-state index contributed by atoms with van der Waals surface area (Å²) in [6.07, 6.45) is 6.07. The third-order valence-electron chi connectivity index (χ3n) is 5.41. The third kappa shape index (κ3) is 6.31. The van der Waals surface area contributed by atoms with E-state index >= 15 is 0 Å². The van der Waals surface area contributed by atoms with E-state index in [9.17, 15) is 9.59 Å². The molecule has 2 rings (SSSR count). The molecule has 0 aliphatic carbocycles. The molecule has 0 aromatic carbocycles. The number of unbranched alkanes of at least 4 members (excludes halogenated alkanes) is 4. The summed E-state index contributed by atoms with van der Waals surface area (Å²) < 4.78 is 12.4. The van der Waals surface area contributed by atoms with E-state index in [-0.39, 0.29) is 30.5 Å². The predicted molar refractivity (Wildman–Crippen MR) is 104 cm³/mol. The van der Waals surface area contributed by atoms with Gasteiger partial charge in [-0.05, 0) is 25.3 Å². The summed E-state index contributed by atoms with van der Waals surface area (Å²) in [5.41, 5.74) is 2.58. The van der Waals surface area contributed by atoms with Gasteiger partial charge in [-0.25, -0.2) is 9.59 Å². The first-order valence-electron chi connectivity index (χ1n) is 10.2. The van der Waals surface area contributed by atoms with Gasteiger partial charge in [-0.1, -0.05) is 46.5 Å². The number of rotatable bonds is 10. The number of carbonyl (C=O) groups is 1. The van der Waals surface area contributed by atoms with E-state index in [1.807, 2.05) is 6.92 Å². The molecule has 1 fully saturated rings. The van der Waals surface area contributed by atoms with E-state index in [0.717, 1.165) is 19.3 Å². The Kier molecular flexibility index (Phi) is 8.92. The predicted octanol–water partition coefficient (Wildman–Crippen LogP) is 3.56. The molecule has 0 spiro atoms. The zero-order chi connectivity index (χ0) is 20.5. The summed E-state index contributed by atoms with van der Waals surface area (Å²) in [5.74, 6) is 0.586. The first-order valence-corrected chi connectivity index (χ1v) is 10.2. The zero-order valence-corrected chi connectivity index (χ0v) is 17.3. The lowest BCUT2D eigenvalue weighted by Crippen LogP contribution is -2.31. The van der Waals surface area contributed by atoms with Gasteiger partial charge in [0.1, 0.15) is 6.23 Å². The number of hydroxylamine groups is 1. The number of nitrogens with one attached hydrogen (secondary N) is 1. The smallest absolute Gasteiger partial charge is 0.433 e. The molecule has 4 atom stereocenters. The molecule has 1 saturated heterocycles. The van der Waals surface area contributed by atoms with Crippen molar-refractivity contribution in [3.63, 3.8) is 0 Å². The van der Waals surface area contributed by atoms with Crippen molar-refractivity contribution < 1.29 is 19.1 Å². The fourth-order valence-electron chi connectivity index (χ4n) is 3.27. The molecule has 0 bridgehead atoms. The van der Waals surface area contributed by atoms with Crippen molar-refractivity contribution in [2.24, 2.45) is 11.8 Å². The SMILES string of the molecule is CCCCCCCOC(=O)ONCc1ccn(C2OC(C)C(C)[C@@H]2C)c(=O)n1. The van der Waals surface area contributed by atoms with Crippen LogP contribution in [0.2, 0.25) is 0 Å². The van der Waals surface area contributed by atoms with E-state index in [4.69, 9.17) is 14.3 Å². The highest BCUT2D eigenvalue weighted by molar-refractivity contribution is 5.59. The molecule has 0 saturated carbocycles. The molecule has 0 radical (unpaired) electrons. The summed E-state index contributed by atoms with van der Waals surface area (Å²) in [4.78, 5) is 32.7. The average molecular weight is 396 g/mol. The summed E-state index contributed by atoms with van der Waals surface area (Å²) >= 11 is 0. The third-order valence-corrected chi connectivity index (χ3v) is 5.41. The molecule has 28 heavy (non-hydrogen) atoms. The molecule has 1 aromatic heterocycles. The van der Waals surface area contributed by atoms with Crippen LogP contribution in [0.1, 0.15) is 71.7 Å². The van der Waals surface area contributed by atoms with Gasteiger partial charge in [0.05, 0.1) is 24.9 Å². The van der Waals surface area contributed by atoms with Crippen molar-refractivity contribution in [1.29, 1.82) is 0 Å². The Bertz CT molecular complexity index is 678. The second kappa shape index (κ2) is 11.2. The molecule has 158 valence electrons. The Labute approximate surface area is 166 Å². The molecule has 1 aliphatic rings. The molecular weight excluding hydrogens is 362 g/mol. The lowest BCUT2D eigenvalue weighted by Gasteiger charge is -2.18. The lowest BCUT2D eigenvalue weighted by atomic mass is 9.93. The highest BCUT2D eigenvalue weighted by Gasteiger charge is 2.38. The largest absolute Gasteiger partial charge is 0.527 e. The minimum absolute atomic E-state index is 0.0966. The van der Waals surface area contributed by atoms with Gasteiger partial charge in [0.25, 0.3) is 0 Å². The van der Waals surface area contributed by atoms with Crippen molar-refractivity contribution in [2.75, 3.05) is 6.61 Å². The molecule has 1 aromatic rings. The van der Waals surface area contributed by atoms with Crippen LogP contribution in [0, 0.1) is 11.8 Å². The van der Waals surface area contributed by atoms with Gasteiger partial charge in [0.2, 0.25) is 0 Å². The second-order valence-electron chi connectivity index (χ2n) is 7.49. The number of nitrogens with zero attached hydrogens (tertiary/aromatic N) is 2. The fourth-order valence-corrected chi connectivity index (χ4v) is 3.27. The van der Waals surface area contributed by atoms with E-state index in [1.54, 1.807) is 12.3 Å². The second-order valence-corrected chi connectivity index (χ2v) is 7.49. The maximum absolute atomic E-state index is 12.3. The van der Waals surface area contributed by atoms with Crippen LogP contribution in [0.4, 0.5) is 4.79 Å². The lowest BCUT2D eigenvalue weighted by molar-refractivity contribution is -0.00770. The fraction of sp³-hybridized carbons (Fsp3) is 0.750. The van der Waals surface area contributed by atoms with Gasteiger partial charge < -0.3 is 14.3 Å². The van der Waals surface area contributed by atoms with Crippen LogP contribution in [0.15, 0.2) is 17.1 Å². The monoisotopic (exact) mass is 395 g/mol. The Balaban J connectivity index is 1.73. The van der Waals surface area contributed by atoms with Crippen molar-refractivity contribution >= 4 is 6.16 Å². The minimum Gasteiger partial charge on any atom is -0.433 e. The topological polar surface area (TPSA) is 91.7 Å². The molecule has 1 aliphatic heterocycles. The standard InChI is InChI=1S/C20H33N3O5/c1-5-6-7-8-9-12-26-20(25)28-21-13-17-10-11-23(19(24)22-17)18-15(3)14(2)16(4)27-18/h10-11,14-16,18,21H,5-9,12-13H2,1-4H3/t14?,15-,16?,18?/m0/s1. The molecule has 8 heteroatoms. The zero-order valence-electron chi connectivity index (χ0n) is 17.3. The number of carbonyl (C=O) groups excluding carboxylic acids is 1. The van der Waals surface area contributed by atoms with E-state index in [2.05, 4.69) is 31.2 Å². The van der Waals surface area contributed by atoms with Crippen LogP contribution in [-0.2, 0) is 20.9 Å². The molecule has 0 amide bonds. The Morgan fingerprint density at radius 1 is 1.21 bits per heavy atom. The highest BCUT2D eigenvalue weighted by atomic mass is 16.8. The molecule has 8 nitrogen and oxygen atoms in total. The quantitative estimate of drug-likeness (QED) is 0.368. The van der Waals surface area contributed by atoms with Gasteiger partial charge >= 0.3 is 11.8 Å². The van der Waals surface area contributed by atoms with Gasteiger partial charge in [0, 0.05) is 12.1 Å². The van der Waals surface area contributed by atoms with E-state index in [0.29, 0.717) is 18.2 Å². The van der Waals surface area contributed by atoms with Gasteiger partial charge in [-0.3, -0.25) is 4.57 Å². The van der Waals surface area contributed by atoms with Crippen LogP contribution >= 0.6 is 0 Å². The summed E-state index contributed by atoms with van der Waals surface area (Å²) in [6.45, 7) is 8.82.